The minimum absolute atomic E-state index is 0.0591. The molecule has 5 heteroatoms. The van der Waals surface area contributed by atoms with Crippen molar-refractivity contribution >= 4 is 23.1 Å². The lowest BCUT2D eigenvalue weighted by molar-refractivity contribution is 0.483. The molecule has 0 saturated carbocycles. The van der Waals surface area contributed by atoms with Crippen LogP contribution in [0.25, 0.3) is 0 Å². The van der Waals surface area contributed by atoms with Crippen molar-refractivity contribution in [3.8, 4) is 11.5 Å². The molecule has 0 aromatic heterocycles. The van der Waals surface area contributed by atoms with Crippen molar-refractivity contribution in [2.45, 2.75) is 0 Å². The van der Waals surface area contributed by atoms with Crippen LogP contribution >= 0.6 is 11.6 Å². The van der Waals surface area contributed by atoms with Crippen LogP contribution in [-0.2, 0) is 0 Å². The smallest absolute Gasteiger partial charge is 0.129 e. The normalized spacial score (nSPS) is 10.2. The van der Waals surface area contributed by atoms with Gasteiger partial charge in [0, 0.05) is 37.5 Å². The second-order valence-corrected chi connectivity index (χ2v) is 4.96. The maximum Gasteiger partial charge on any atom is 0.129 e. The third-order valence-electron chi connectivity index (χ3n) is 2.80. The van der Waals surface area contributed by atoms with Crippen LogP contribution in [0.4, 0.5) is 5.69 Å². The molecule has 0 fully saturated rings. The van der Waals surface area contributed by atoms with Gasteiger partial charge in [-0.3, -0.25) is 5.41 Å². The molecule has 0 radical (unpaired) electrons. The zero-order valence-electron chi connectivity index (χ0n) is 11.4. The monoisotopic (exact) mass is 289 g/mol. The zero-order valence-corrected chi connectivity index (χ0v) is 12.1. The summed E-state index contributed by atoms with van der Waals surface area (Å²) in [5, 5.41) is 7.79. The van der Waals surface area contributed by atoms with Crippen molar-refractivity contribution in [2.24, 2.45) is 5.73 Å². The number of anilines is 1. The van der Waals surface area contributed by atoms with E-state index in [4.69, 9.17) is 27.5 Å². The number of benzene rings is 2. The number of nitrogen functional groups attached to an aromatic ring is 1. The largest absolute Gasteiger partial charge is 0.457 e. The maximum atomic E-state index is 7.39. The molecule has 0 atom stereocenters. The number of ether oxygens (including phenoxy) is 1. The summed E-state index contributed by atoms with van der Waals surface area (Å²) in [6.07, 6.45) is 0. The maximum absolute atomic E-state index is 7.39. The predicted octanol–water partition coefficient (Wildman–Crippen LogP) is 3.48. The molecule has 0 spiro atoms. The summed E-state index contributed by atoms with van der Waals surface area (Å²) < 4.78 is 5.76. The lowest BCUT2D eigenvalue weighted by Gasteiger charge is -2.14. The minimum Gasteiger partial charge on any atom is -0.457 e. The van der Waals surface area contributed by atoms with E-state index in [2.05, 4.69) is 0 Å². The summed E-state index contributed by atoms with van der Waals surface area (Å²) >= 11 is 6.06. The second-order valence-electron chi connectivity index (χ2n) is 4.55. The highest BCUT2D eigenvalue weighted by Crippen LogP contribution is 2.28. The molecule has 20 heavy (non-hydrogen) atoms. The number of nitrogens with zero attached hydrogens (tertiary/aromatic N) is 1. The third-order valence-corrected chi connectivity index (χ3v) is 3.11. The van der Waals surface area contributed by atoms with Crippen LogP contribution in [0.5, 0.6) is 11.5 Å². The van der Waals surface area contributed by atoms with Crippen molar-refractivity contribution < 1.29 is 4.74 Å². The van der Waals surface area contributed by atoms with Crippen LogP contribution in [0.2, 0.25) is 5.02 Å². The van der Waals surface area contributed by atoms with Gasteiger partial charge in [0.15, 0.2) is 0 Å². The van der Waals surface area contributed by atoms with Gasteiger partial charge in [0.1, 0.15) is 17.3 Å². The van der Waals surface area contributed by atoms with Crippen LogP contribution in [0.1, 0.15) is 5.56 Å². The van der Waals surface area contributed by atoms with Crippen LogP contribution < -0.4 is 15.4 Å². The van der Waals surface area contributed by atoms with Gasteiger partial charge in [0.2, 0.25) is 0 Å². The average molecular weight is 290 g/mol. The highest BCUT2D eigenvalue weighted by atomic mass is 35.5. The quantitative estimate of drug-likeness (QED) is 0.669. The molecule has 0 aliphatic heterocycles. The Morgan fingerprint density at radius 1 is 1.15 bits per heavy atom. The summed E-state index contributed by atoms with van der Waals surface area (Å²) in [5.74, 6) is 1.27. The highest BCUT2D eigenvalue weighted by Gasteiger charge is 2.06. The van der Waals surface area contributed by atoms with Gasteiger partial charge in [-0.25, -0.2) is 0 Å². The van der Waals surface area contributed by atoms with Gasteiger partial charge >= 0.3 is 0 Å². The first kappa shape index (κ1) is 14.2. The summed E-state index contributed by atoms with van der Waals surface area (Å²) in [7, 11) is 3.94. The van der Waals surface area contributed by atoms with E-state index >= 15 is 0 Å². The third kappa shape index (κ3) is 3.22. The Labute approximate surface area is 123 Å². The van der Waals surface area contributed by atoms with Gasteiger partial charge < -0.3 is 15.4 Å². The second kappa shape index (κ2) is 5.84. The lowest BCUT2D eigenvalue weighted by atomic mass is 10.2. The van der Waals surface area contributed by atoms with Gasteiger partial charge in [-0.2, -0.15) is 0 Å². The highest BCUT2D eigenvalue weighted by molar-refractivity contribution is 6.34. The fourth-order valence-electron chi connectivity index (χ4n) is 1.74. The molecule has 0 saturated heterocycles. The van der Waals surface area contributed by atoms with E-state index in [0.29, 0.717) is 16.3 Å². The molecule has 2 aromatic carbocycles. The first-order chi connectivity index (χ1) is 9.47. The van der Waals surface area contributed by atoms with Crippen LogP contribution in [0.3, 0.4) is 0 Å². The molecule has 104 valence electrons. The predicted molar refractivity (Wildman–Crippen MR) is 83.3 cm³/mol. The molecule has 0 bridgehead atoms. The minimum atomic E-state index is -0.0591. The van der Waals surface area contributed by atoms with Gasteiger partial charge in [-0.1, -0.05) is 17.7 Å². The fraction of sp³-hybridized carbons (Fsp3) is 0.133. The molecule has 2 aromatic rings. The first-order valence-electron chi connectivity index (χ1n) is 6.06. The standard InChI is InChI=1S/C15H16ClN3O/c1-19(2)10-4-3-5-11(8-10)20-12-6-7-13(15(17)18)14(16)9-12/h3-9H,1-2H3,(H3,17,18). The van der Waals surface area contributed by atoms with E-state index in [0.717, 1.165) is 11.4 Å². The van der Waals surface area contributed by atoms with E-state index in [9.17, 15) is 0 Å². The molecule has 0 unspecified atom stereocenters. The molecular formula is C15H16ClN3O. The van der Waals surface area contributed by atoms with Crippen LogP contribution in [0.15, 0.2) is 42.5 Å². The molecule has 0 amide bonds. The molecule has 2 rings (SSSR count). The topological polar surface area (TPSA) is 62.3 Å². The van der Waals surface area contributed by atoms with Crippen molar-refractivity contribution in [3.63, 3.8) is 0 Å². The summed E-state index contributed by atoms with van der Waals surface area (Å²) in [4.78, 5) is 2.00. The Balaban J connectivity index is 2.24. The molecule has 0 heterocycles. The number of rotatable bonds is 4. The lowest BCUT2D eigenvalue weighted by Crippen LogP contribution is -2.11. The Hall–Kier alpha value is -2.20. The number of nitrogens with two attached hydrogens (primary N) is 1. The first-order valence-corrected chi connectivity index (χ1v) is 6.44. The molecule has 4 nitrogen and oxygen atoms in total. The molecule has 3 N–H and O–H groups in total. The number of halogens is 1. The molecule has 0 aliphatic carbocycles. The SMILES string of the molecule is CN(C)c1cccc(Oc2ccc(C(=N)N)c(Cl)c2)c1. The van der Waals surface area contributed by atoms with E-state index in [1.165, 1.54) is 0 Å². The number of nitrogens with one attached hydrogen (secondary N) is 1. The fourth-order valence-corrected chi connectivity index (χ4v) is 2.01. The van der Waals surface area contributed by atoms with E-state index in [-0.39, 0.29) is 5.84 Å². The van der Waals surface area contributed by atoms with Crippen LogP contribution in [0, 0.1) is 5.41 Å². The van der Waals surface area contributed by atoms with Crippen molar-refractivity contribution in [1.29, 1.82) is 5.41 Å². The summed E-state index contributed by atoms with van der Waals surface area (Å²) in [6, 6.07) is 12.8. The molecular weight excluding hydrogens is 274 g/mol. The van der Waals surface area contributed by atoms with Gasteiger partial charge in [0.25, 0.3) is 0 Å². The Morgan fingerprint density at radius 2 is 1.85 bits per heavy atom. The number of hydrogen-bond donors (Lipinski definition) is 2. The number of amidine groups is 1. The molecule has 0 aliphatic rings. The number of hydrogen-bond acceptors (Lipinski definition) is 3. The van der Waals surface area contributed by atoms with Crippen LogP contribution in [-0.4, -0.2) is 19.9 Å². The van der Waals surface area contributed by atoms with Crippen molar-refractivity contribution in [1.82, 2.24) is 0 Å². The summed E-state index contributed by atoms with van der Waals surface area (Å²) in [6.45, 7) is 0. The average Bonchev–Trinajstić information content (AvgIpc) is 2.38. The Bertz CT molecular complexity index is 641. The summed E-state index contributed by atoms with van der Waals surface area (Å²) in [5.41, 5.74) is 6.97. The Kier molecular flexibility index (Phi) is 4.15. The van der Waals surface area contributed by atoms with E-state index < -0.39 is 0 Å². The van der Waals surface area contributed by atoms with Gasteiger partial charge in [-0.05, 0) is 24.3 Å². The van der Waals surface area contributed by atoms with E-state index in [1.807, 2.05) is 43.3 Å². The van der Waals surface area contributed by atoms with Gasteiger partial charge in [0.05, 0.1) is 5.02 Å². The van der Waals surface area contributed by atoms with E-state index in [1.54, 1.807) is 18.2 Å². The van der Waals surface area contributed by atoms with Gasteiger partial charge in [-0.15, -0.1) is 0 Å². The zero-order chi connectivity index (χ0) is 14.7. The van der Waals surface area contributed by atoms with Crippen molar-refractivity contribution in [2.75, 3.05) is 19.0 Å². The van der Waals surface area contributed by atoms with Crippen molar-refractivity contribution in [3.05, 3.63) is 53.1 Å². The Morgan fingerprint density at radius 3 is 2.45 bits per heavy atom.